The zero-order valence-corrected chi connectivity index (χ0v) is 10.4. The molecule has 64 valence electrons. The number of nitrogens with two attached hydrogens (primary N) is 1. The molecule has 0 saturated heterocycles. The minimum absolute atomic E-state index is 0. The first kappa shape index (κ1) is 18.0. The van der Waals surface area contributed by atoms with Crippen LogP contribution in [0.1, 0.15) is 7.85 Å². The van der Waals surface area contributed by atoms with Gasteiger partial charge >= 0.3 is 35.5 Å². The topological polar surface area (TPSA) is 63.3 Å². The fourth-order valence-corrected chi connectivity index (χ4v) is 0.858. The van der Waals surface area contributed by atoms with Gasteiger partial charge in [-0.1, -0.05) is 0 Å². The van der Waals surface area contributed by atoms with E-state index in [4.69, 9.17) is 10.8 Å². The number of carboxylic acids is 1. The van der Waals surface area contributed by atoms with Crippen LogP contribution in [-0.4, -0.2) is 29.1 Å². The zero-order chi connectivity index (χ0) is 7.28. The number of hydrogen-bond acceptors (Lipinski definition) is 3. The Hall–Kier alpha value is 1.07. The molecule has 0 aromatic carbocycles. The number of halogens is 1. The van der Waals surface area contributed by atoms with Crippen molar-refractivity contribution in [3.63, 3.8) is 0 Å². The third kappa shape index (κ3) is 11.1. The summed E-state index contributed by atoms with van der Waals surface area (Å²) in [6.07, 6.45) is 2.48. The van der Waals surface area contributed by atoms with Crippen molar-refractivity contribution in [1.29, 1.82) is 0 Å². The molecule has 0 bridgehead atoms. The van der Waals surface area contributed by atoms with Gasteiger partial charge in [-0.2, -0.15) is 11.8 Å². The molecular formula is C5H13ClNNaO2S. The van der Waals surface area contributed by atoms with E-state index in [1.807, 2.05) is 6.26 Å². The molecule has 0 rings (SSSR count). The van der Waals surface area contributed by atoms with Gasteiger partial charge in [-0.05, 0) is 18.4 Å². The molecule has 1 atom stereocenters. The van der Waals surface area contributed by atoms with Gasteiger partial charge in [-0.15, -0.1) is 12.4 Å². The van der Waals surface area contributed by atoms with E-state index >= 15 is 0 Å². The first-order chi connectivity index (χ1) is 4.18. The molecule has 6 heteroatoms. The van der Waals surface area contributed by atoms with Gasteiger partial charge in [0.15, 0.2) is 0 Å². The molecule has 0 heterocycles. The van der Waals surface area contributed by atoms with Crippen LogP contribution in [0.4, 0.5) is 0 Å². The molecule has 3 nitrogen and oxygen atoms in total. The van der Waals surface area contributed by atoms with E-state index in [0.29, 0.717) is 6.42 Å². The maximum Gasteiger partial charge on any atom is 1.00 e. The fraction of sp³-hybridized carbons (Fsp3) is 0.800. The van der Waals surface area contributed by atoms with Gasteiger partial charge in [-0.3, -0.25) is 4.79 Å². The van der Waals surface area contributed by atoms with Crippen molar-refractivity contribution in [2.45, 2.75) is 12.5 Å². The summed E-state index contributed by atoms with van der Waals surface area (Å²) < 4.78 is 0. The van der Waals surface area contributed by atoms with Crippen LogP contribution in [0.3, 0.4) is 0 Å². The summed E-state index contributed by atoms with van der Waals surface area (Å²) in [5.74, 6) is -0.1000. The van der Waals surface area contributed by atoms with E-state index in [-0.39, 0.29) is 43.4 Å². The number of rotatable bonds is 4. The molecule has 0 radical (unpaired) electrons. The van der Waals surface area contributed by atoms with Crippen LogP contribution in [-0.2, 0) is 4.79 Å². The zero-order valence-electron chi connectivity index (χ0n) is 7.74. The third-order valence-corrected chi connectivity index (χ3v) is 1.59. The summed E-state index contributed by atoms with van der Waals surface area (Å²) in [6, 6.07) is -0.683. The van der Waals surface area contributed by atoms with Crippen LogP contribution in [0.15, 0.2) is 0 Å². The number of thioether (sulfide) groups is 1. The van der Waals surface area contributed by atoms with E-state index < -0.39 is 12.0 Å². The number of hydrogen-bond donors (Lipinski definition) is 2. The molecule has 0 spiro atoms. The Morgan fingerprint density at radius 3 is 2.55 bits per heavy atom. The summed E-state index contributed by atoms with van der Waals surface area (Å²) >= 11 is 1.60. The smallest absolute Gasteiger partial charge is 1.00 e. The van der Waals surface area contributed by atoms with Crippen LogP contribution in [0.25, 0.3) is 0 Å². The van der Waals surface area contributed by atoms with Crippen molar-refractivity contribution in [1.82, 2.24) is 0 Å². The van der Waals surface area contributed by atoms with E-state index in [0.717, 1.165) is 5.75 Å². The van der Waals surface area contributed by atoms with Crippen molar-refractivity contribution >= 4 is 30.1 Å². The van der Waals surface area contributed by atoms with Crippen LogP contribution < -0.4 is 35.3 Å². The van der Waals surface area contributed by atoms with Crippen molar-refractivity contribution in [2.75, 3.05) is 12.0 Å². The van der Waals surface area contributed by atoms with Gasteiger partial charge in [0.2, 0.25) is 0 Å². The molecule has 0 aromatic heterocycles. The SMILES string of the molecule is CSCC[C@H](N)C(=O)O.Cl.[H-].[Na+]. The Labute approximate surface area is 101 Å². The maximum absolute atomic E-state index is 10.1. The van der Waals surface area contributed by atoms with Gasteiger partial charge in [0, 0.05) is 0 Å². The standard InChI is InChI=1S/C5H11NO2S.ClH.Na.H/c1-9-3-2-4(6)5(7)8;;;/h4H,2-3,6H2,1H3,(H,7,8);1H;;/q;;+1;-1/t4-;;;/m0.../s1. The molecule has 0 aliphatic heterocycles. The maximum atomic E-state index is 10.1. The number of carbonyl (C=O) groups is 1. The summed E-state index contributed by atoms with van der Waals surface area (Å²) in [7, 11) is 0. The molecule has 3 N–H and O–H groups in total. The van der Waals surface area contributed by atoms with Gasteiger partial charge in [-0.25, -0.2) is 0 Å². The van der Waals surface area contributed by atoms with Gasteiger partial charge < -0.3 is 12.3 Å². The van der Waals surface area contributed by atoms with Crippen molar-refractivity contribution in [3.8, 4) is 0 Å². The van der Waals surface area contributed by atoms with Gasteiger partial charge in [0.1, 0.15) is 6.04 Å². The first-order valence-electron chi connectivity index (χ1n) is 2.65. The van der Waals surface area contributed by atoms with Crippen molar-refractivity contribution in [2.24, 2.45) is 5.73 Å². The summed E-state index contributed by atoms with van der Waals surface area (Å²) in [5, 5.41) is 8.27. The normalized spacial score (nSPS) is 10.7. The van der Waals surface area contributed by atoms with Crippen LogP contribution in [0, 0.1) is 0 Å². The van der Waals surface area contributed by atoms with E-state index in [1.165, 1.54) is 0 Å². The molecule has 0 amide bonds. The Balaban J connectivity index is -0.000000107. The summed E-state index contributed by atoms with van der Waals surface area (Å²) in [4.78, 5) is 10.1. The molecule has 0 saturated carbocycles. The molecule has 0 fully saturated rings. The Kier molecular flexibility index (Phi) is 18.1. The second-order valence-corrected chi connectivity index (χ2v) is 2.71. The molecule has 0 aliphatic rings. The largest absolute Gasteiger partial charge is 1.00 e. The van der Waals surface area contributed by atoms with Crippen LogP contribution in [0.5, 0.6) is 0 Å². The van der Waals surface area contributed by atoms with E-state index in [1.54, 1.807) is 11.8 Å². The van der Waals surface area contributed by atoms with Crippen molar-refractivity contribution in [3.05, 3.63) is 0 Å². The van der Waals surface area contributed by atoms with Crippen LogP contribution in [0.2, 0.25) is 0 Å². The van der Waals surface area contributed by atoms with E-state index in [2.05, 4.69) is 0 Å². The molecule has 11 heavy (non-hydrogen) atoms. The predicted octanol–water partition coefficient (Wildman–Crippen LogP) is -2.31. The Morgan fingerprint density at radius 2 is 2.27 bits per heavy atom. The fourth-order valence-electron chi connectivity index (χ4n) is 0.368. The summed E-state index contributed by atoms with van der Waals surface area (Å²) in [5.41, 5.74) is 5.19. The number of aliphatic carboxylic acids is 1. The van der Waals surface area contributed by atoms with Crippen molar-refractivity contribution < 1.29 is 40.9 Å². The average molecular weight is 210 g/mol. The molecular weight excluding hydrogens is 197 g/mol. The Morgan fingerprint density at radius 1 is 1.82 bits per heavy atom. The van der Waals surface area contributed by atoms with Crippen LogP contribution >= 0.6 is 24.2 Å². The quantitative estimate of drug-likeness (QED) is 0.511. The monoisotopic (exact) mass is 209 g/mol. The average Bonchev–Trinajstić information content (AvgIpc) is 1.82. The minimum Gasteiger partial charge on any atom is -1.00 e. The first-order valence-corrected chi connectivity index (χ1v) is 4.05. The van der Waals surface area contributed by atoms with E-state index in [9.17, 15) is 4.79 Å². The third-order valence-electron chi connectivity index (χ3n) is 0.950. The minimum atomic E-state index is -0.913. The summed E-state index contributed by atoms with van der Waals surface area (Å²) in [6.45, 7) is 0. The predicted molar refractivity (Wildman–Crippen MR) is 47.0 cm³/mol. The molecule has 0 aromatic rings. The van der Waals surface area contributed by atoms with Gasteiger partial charge in [0.25, 0.3) is 0 Å². The Bertz CT molecular complexity index is 111. The second kappa shape index (κ2) is 11.1. The van der Waals surface area contributed by atoms with Gasteiger partial charge in [0.05, 0.1) is 0 Å². The molecule has 0 unspecified atom stereocenters. The molecule has 0 aliphatic carbocycles. The number of carboxylic acid groups (broad SMARTS) is 1. The second-order valence-electron chi connectivity index (χ2n) is 1.73.